The van der Waals surface area contributed by atoms with Crippen LogP contribution in [0, 0.1) is 0 Å². The summed E-state index contributed by atoms with van der Waals surface area (Å²) >= 11 is 7.39. The number of quaternary nitrogens is 1. The summed E-state index contributed by atoms with van der Waals surface area (Å²) in [6, 6.07) is 23.2. The van der Waals surface area contributed by atoms with Crippen LogP contribution in [0.2, 0.25) is 0 Å². The van der Waals surface area contributed by atoms with Gasteiger partial charge in [0.2, 0.25) is 23.6 Å². The molecule has 1 saturated heterocycles. The molecule has 1 aliphatic rings. The van der Waals surface area contributed by atoms with Crippen molar-refractivity contribution < 1.29 is 43.3 Å². The lowest BCUT2D eigenvalue weighted by Gasteiger charge is -2.37. The largest absolute Gasteiger partial charge is 0.543 e. The number of carbonyl (C=O) groups is 5. The zero-order valence-electron chi connectivity index (χ0n) is 33.8. The Labute approximate surface area is 350 Å². The third kappa shape index (κ3) is 10.7. The van der Waals surface area contributed by atoms with Gasteiger partial charge in [-0.3, -0.25) is 24.0 Å². The van der Waals surface area contributed by atoms with Gasteiger partial charge in [-0.2, -0.15) is 0 Å². The van der Waals surface area contributed by atoms with Crippen molar-refractivity contribution in [3.05, 3.63) is 98.4 Å². The lowest BCUT2D eigenvalue weighted by Crippen LogP contribution is -2.97. The van der Waals surface area contributed by atoms with Crippen LogP contribution >= 0.6 is 31.9 Å². The molecule has 308 valence electrons. The van der Waals surface area contributed by atoms with E-state index >= 15 is 0 Å². The lowest BCUT2D eigenvalue weighted by molar-refractivity contribution is -0.720. The molecule has 0 saturated carbocycles. The first kappa shape index (κ1) is 45.6. The molecule has 1 fully saturated rings. The van der Waals surface area contributed by atoms with E-state index in [1.807, 2.05) is 78.1 Å². The monoisotopic (exact) mass is 914 g/mol. The smallest absolute Gasteiger partial charge is 0.410 e. The number of benzene rings is 3. The van der Waals surface area contributed by atoms with Gasteiger partial charge >= 0.3 is 6.75 Å². The second-order valence-corrected chi connectivity index (χ2v) is 18.0. The predicted octanol–water partition coefficient (Wildman–Crippen LogP) is 2.66. The molecule has 17 heteroatoms. The fourth-order valence-corrected chi connectivity index (χ4v) is 7.26. The van der Waals surface area contributed by atoms with Gasteiger partial charge in [-0.25, -0.2) is 0 Å². The van der Waals surface area contributed by atoms with Crippen LogP contribution in [0.15, 0.2) is 81.7 Å². The number of carbonyl (C=O) groups excluding carboxylic acids is 5. The van der Waals surface area contributed by atoms with Crippen LogP contribution in [0.4, 0.5) is 0 Å². The van der Waals surface area contributed by atoms with Crippen molar-refractivity contribution in [1.29, 1.82) is 0 Å². The van der Waals surface area contributed by atoms with E-state index in [1.54, 1.807) is 21.0 Å². The van der Waals surface area contributed by atoms with E-state index in [9.17, 15) is 24.0 Å². The summed E-state index contributed by atoms with van der Waals surface area (Å²) in [4.78, 5) is 64.3. The van der Waals surface area contributed by atoms with E-state index in [0.29, 0.717) is 12.0 Å². The highest BCUT2D eigenvalue weighted by Crippen LogP contribution is 2.48. The molecule has 8 N–H and O–H groups in total. The fourth-order valence-electron chi connectivity index (χ4n) is 6.24. The number of hydrogen-bond acceptors (Lipinski definition) is 8. The van der Waals surface area contributed by atoms with Gasteiger partial charge < -0.3 is 46.3 Å². The van der Waals surface area contributed by atoms with Gasteiger partial charge in [0, 0.05) is 8.95 Å². The number of primary amides is 1. The van der Waals surface area contributed by atoms with Crippen LogP contribution in [0.5, 0.6) is 0 Å². The van der Waals surface area contributed by atoms with Crippen LogP contribution in [0.1, 0.15) is 84.3 Å². The molecule has 3 aromatic rings. The average molecular weight is 917 g/mol. The van der Waals surface area contributed by atoms with Crippen molar-refractivity contribution in [2.75, 3.05) is 13.7 Å². The number of amides is 5. The first-order valence-electron chi connectivity index (χ1n) is 18.5. The Morgan fingerprint density at radius 3 is 1.56 bits per heavy atom. The first-order valence-corrected chi connectivity index (χ1v) is 20.0. The summed E-state index contributed by atoms with van der Waals surface area (Å²) in [5, 5.41) is 12.3. The molecule has 5 amide bonds. The molecule has 0 bridgehead atoms. The molecular weight excluding hydrogens is 863 g/mol. The maximum atomic E-state index is 13.8. The topological polar surface area (TPSA) is 204 Å². The van der Waals surface area contributed by atoms with Crippen LogP contribution in [-0.4, -0.2) is 72.1 Å². The zero-order valence-corrected chi connectivity index (χ0v) is 36.9. The molecule has 1 aliphatic heterocycles. The average Bonchev–Trinajstić information content (AvgIpc) is 3.53. The van der Waals surface area contributed by atoms with Crippen LogP contribution in [0.3, 0.4) is 0 Å². The maximum Gasteiger partial charge on any atom is 0.410 e. The summed E-state index contributed by atoms with van der Waals surface area (Å²) in [6.07, 6.45) is -1.08. The van der Waals surface area contributed by atoms with Crippen molar-refractivity contribution in [3.63, 3.8) is 0 Å². The number of hydrogen-bond donors (Lipinski definition) is 6. The fraction of sp³-hybridized carbons (Fsp3) is 0.425. The van der Waals surface area contributed by atoms with Gasteiger partial charge in [-0.15, -0.1) is 5.46 Å². The van der Waals surface area contributed by atoms with Gasteiger partial charge in [-0.1, -0.05) is 92.5 Å². The van der Waals surface area contributed by atoms with E-state index < -0.39 is 77.2 Å². The molecule has 0 aliphatic carbocycles. The van der Waals surface area contributed by atoms with Gasteiger partial charge in [0.05, 0.1) is 25.3 Å². The third-order valence-electron chi connectivity index (χ3n) is 9.92. The highest BCUT2D eigenvalue weighted by Gasteiger charge is 2.48. The third-order valence-corrected chi connectivity index (χ3v) is 11.4. The van der Waals surface area contributed by atoms with Crippen LogP contribution in [0.25, 0.3) is 0 Å². The molecular formula is C40H53BBr2N6O8. The summed E-state index contributed by atoms with van der Waals surface area (Å²) in [5.74, 6) is -3.11. The van der Waals surface area contributed by atoms with Crippen LogP contribution < -0.4 is 37.8 Å². The first-order chi connectivity index (χ1) is 26.5. The van der Waals surface area contributed by atoms with Gasteiger partial charge in [0.15, 0.2) is 5.54 Å². The van der Waals surface area contributed by atoms with E-state index in [1.165, 1.54) is 41.5 Å². The predicted molar refractivity (Wildman–Crippen MR) is 223 cm³/mol. The molecule has 14 nitrogen and oxygen atoms in total. The second kappa shape index (κ2) is 17.8. The molecule has 0 spiro atoms. The number of halogens is 2. The quantitative estimate of drug-likeness (QED) is 0.118. The Bertz CT molecular complexity index is 1960. The maximum absolute atomic E-state index is 13.8. The minimum atomic E-state index is -2.50. The van der Waals surface area contributed by atoms with Crippen molar-refractivity contribution in [3.8, 4) is 0 Å². The Morgan fingerprint density at radius 2 is 1.11 bits per heavy atom. The molecule has 3 aromatic carbocycles. The van der Waals surface area contributed by atoms with E-state index in [2.05, 4.69) is 53.1 Å². The summed E-state index contributed by atoms with van der Waals surface area (Å²) < 4.78 is 21.6. The van der Waals surface area contributed by atoms with E-state index in [4.69, 9.17) is 19.7 Å². The van der Waals surface area contributed by atoms with Crippen molar-refractivity contribution >= 4 is 73.6 Å². The summed E-state index contributed by atoms with van der Waals surface area (Å²) in [6.45, 7) is 9.81. The molecule has 4 rings (SSSR count). The van der Waals surface area contributed by atoms with Gasteiger partial charge in [0.25, 0.3) is 5.91 Å². The SMILES string of the molecule is CO[B-]1(c2ccccc2C[NH2+]C(C)(C)C(=O)NC(C)(C)C(=O)NC(C)(C)C(=O)NC(C)(C)C(=O)NCC(N)=O)O[C@@H](c2ccccc2Br)[C@H](c2ccccc2Br)O1. The molecule has 0 aromatic heterocycles. The highest BCUT2D eigenvalue weighted by molar-refractivity contribution is 9.10. The summed E-state index contributed by atoms with van der Waals surface area (Å²) in [7, 11) is 1.56. The van der Waals surface area contributed by atoms with Crippen molar-refractivity contribution in [2.24, 2.45) is 5.73 Å². The Morgan fingerprint density at radius 1 is 0.684 bits per heavy atom. The number of nitrogens with two attached hydrogens (primary N) is 2. The zero-order chi connectivity index (χ0) is 42.6. The van der Waals surface area contributed by atoms with E-state index in [-0.39, 0.29) is 0 Å². The second-order valence-electron chi connectivity index (χ2n) is 16.2. The Kier molecular flexibility index (Phi) is 14.2. The molecule has 57 heavy (non-hydrogen) atoms. The molecule has 2 atom stereocenters. The van der Waals surface area contributed by atoms with Gasteiger partial charge in [0.1, 0.15) is 16.6 Å². The van der Waals surface area contributed by atoms with Crippen molar-refractivity contribution in [1.82, 2.24) is 21.3 Å². The number of rotatable bonds is 16. The number of nitrogens with one attached hydrogen (secondary N) is 4. The molecule has 0 unspecified atom stereocenters. The lowest BCUT2D eigenvalue weighted by atomic mass is 9.67. The highest BCUT2D eigenvalue weighted by atomic mass is 79.9. The van der Waals surface area contributed by atoms with E-state index in [0.717, 1.165) is 25.6 Å². The normalized spacial score (nSPS) is 17.0. The van der Waals surface area contributed by atoms with Gasteiger partial charge in [-0.05, 0) is 91.3 Å². The summed E-state index contributed by atoms with van der Waals surface area (Å²) in [5.41, 5.74) is 2.93. The standard InChI is InChI=1S/C40H52BBr2N6O8/c1-37(2,34(52)47-39(5,6)36(54)49-40(7,8)35(53)48-38(3,4)33(51)45-23-30(44)50)46-22-24-16-10-13-19-27(24)41(55-9)56-31(25-17-11-14-20-28(25)42)32(57-41)26-18-12-15-21-29(26)43/h10-21,31-32,46H,22-23H2,1-9H3,(H2,44,50)(H,45,51)(H,47,52)(H,48,53)(H,49,54)/q-1/p+1/t31-,32-/m0/s1. The Balaban J connectivity index is 1.49. The minimum absolute atomic E-state index is 0.318. The molecule has 0 radical (unpaired) electrons. The van der Waals surface area contributed by atoms with Crippen molar-refractivity contribution in [2.45, 2.75) is 96.3 Å². The molecule has 1 heterocycles. The minimum Gasteiger partial charge on any atom is -0.543 e. The Hall–Kier alpha value is -4.13. The van der Waals surface area contributed by atoms with Crippen LogP contribution in [-0.2, 0) is 44.5 Å².